The molecule has 114 valence electrons. The first-order chi connectivity index (χ1) is 10.0. The van der Waals surface area contributed by atoms with Gasteiger partial charge >= 0.3 is 0 Å². The van der Waals surface area contributed by atoms with E-state index in [1.165, 1.54) is 6.07 Å². The molecule has 6 heteroatoms. The Balaban J connectivity index is 2.30. The van der Waals surface area contributed by atoms with E-state index in [2.05, 4.69) is 15.9 Å². The van der Waals surface area contributed by atoms with Crippen molar-refractivity contribution < 1.29 is 9.72 Å². The molecule has 0 bridgehead atoms. The average Bonchev–Trinajstić information content (AvgIpc) is 2.40. The van der Waals surface area contributed by atoms with Gasteiger partial charge in [0.15, 0.2) is 0 Å². The number of rotatable bonds is 6. The van der Waals surface area contributed by atoms with Gasteiger partial charge in [-0.25, -0.2) is 0 Å². The second-order valence-corrected chi connectivity index (χ2v) is 6.20. The normalized spacial score (nSPS) is 14.6. The molecule has 0 aromatic heterocycles. The number of halogens is 1. The first-order valence-corrected chi connectivity index (χ1v) is 8.28. The van der Waals surface area contributed by atoms with Crippen molar-refractivity contribution in [3.05, 3.63) is 39.4 Å². The minimum absolute atomic E-state index is 0.103. The molecule has 0 radical (unpaired) electrons. The molecule has 1 aliphatic rings. The summed E-state index contributed by atoms with van der Waals surface area (Å²) in [6, 6.07) is 4.95. The summed E-state index contributed by atoms with van der Waals surface area (Å²) in [5, 5.41) is 12.0. The van der Waals surface area contributed by atoms with Gasteiger partial charge in [0, 0.05) is 24.0 Å². The number of amides is 1. The van der Waals surface area contributed by atoms with Gasteiger partial charge in [-0.05, 0) is 44.2 Å². The molecule has 0 unspecified atom stereocenters. The van der Waals surface area contributed by atoms with Crippen LogP contribution in [0.4, 0.5) is 5.69 Å². The summed E-state index contributed by atoms with van der Waals surface area (Å²) in [6.07, 6.45) is 3.96. The zero-order valence-electron chi connectivity index (χ0n) is 12.0. The van der Waals surface area contributed by atoms with Crippen LogP contribution in [0.15, 0.2) is 18.2 Å². The number of nitro benzene ring substituents is 1. The lowest BCUT2D eigenvalue weighted by Gasteiger charge is -2.37. The van der Waals surface area contributed by atoms with Gasteiger partial charge < -0.3 is 4.90 Å². The first kappa shape index (κ1) is 15.9. The maximum absolute atomic E-state index is 12.8. The highest BCUT2D eigenvalue weighted by atomic mass is 79.9. The van der Waals surface area contributed by atoms with Crippen molar-refractivity contribution in [3.8, 4) is 0 Å². The van der Waals surface area contributed by atoms with E-state index in [1.807, 2.05) is 11.8 Å². The summed E-state index contributed by atoms with van der Waals surface area (Å²) >= 11 is 3.38. The van der Waals surface area contributed by atoms with Crippen LogP contribution >= 0.6 is 15.9 Å². The van der Waals surface area contributed by atoms with Gasteiger partial charge in [-0.2, -0.15) is 0 Å². The largest absolute Gasteiger partial charge is 0.335 e. The number of carbonyl (C=O) groups excluding carboxylic acids is 1. The highest BCUT2D eigenvalue weighted by molar-refractivity contribution is 9.09. The van der Waals surface area contributed by atoms with Crippen molar-refractivity contribution in [2.75, 3.05) is 11.9 Å². The summed E-state index contributed by atoms with van der Waals surface area (Å²) < 4.78 is 0. The Morgan fingerprint density at radius 1 is 1.48 bits per heavy atom. The molecule has 1 saturated carbocycles. The Bertz CT molecular complexity index is 544. The van der Waals surface area contributed by atoms with Crippen molar-refractivity contribution in [1.82, 2.24) is 4.90 Å². The van der Waals surface area contributed by atoms with Crippen molar-refractivity contribution in [3.63, 3.8) is 0 Å². The molecule has 0 N–H and O–H groups in total. The van der Waals surface area contributed by atoms with E-state index in [4.69, 9.17) is 0 Å². The molecule has 0 aliphatic heterocycles. The number of hydrogen-bond acceptors (Lipinski definition) is 3. The third-order valence-electron chi connectivity index (χ3n) is 3.89. The van der Waals surface area contributed by atoms with Gasteiger partial charge in [0.2, 0.25) is 0 Å². The number of carbonyl (C=O) groups is 1. The molecule has 5 nitrogen and oxygen atoms in total. The SMILES string of the molecule is Cc1ccc([N+](=O)[O-])c(C(=O)N(CCCBr)C2CCC2)c1. The fourth-order valence-corrected chi connectivity index (χ4v) is 2.76. The van der Waals surface area contributed by atoms with Gasteiger partial charge in [0.05, 0.1) is 4.92 Å². The molecule has 2 rings (SSSR count). The molecule has 1 fully saturated rings. The Hall–Kier alpha value is -1.43. The molecule has 0 atom stereocenters. The monoisotopic (exact) mass is 354 g/mol. The molecule has 1 aromatic rings. The molecule has 1 aromatic carbocycles. The van der Waals surface area contributed by atoms with E-state index in [1.54, 1.807) is 12.1 Å². The van der Waals surface area contributed by atoms with E-state index in [0.29, 0.717) is 6.54 Å². The van der Waals surface area contributed by atoms with E-state index in [0.717, 1.165) is 36.6 Å². The fourth-order valence-electron chi connectivity index (χ4n) is 2.51. The molecule has 0 saturated heterocycles. The van der Waals surface area contributed by atoms with E-state index in [9.17, 15) is 14.9 Å². The maximum Gasteiger partial charge on any atom is 0.282 e. The van der Waals surface area contributed by atoms with Crippen LogP contribution in [-0.4, -0.2) is 33.6 Å². The highest BCUT2D eigenvalue weighted by Gasteiger charge is 2.32. The summed E-state index contributed by atoms with van der Waals surface area (Å²) in [7, 11) is 0. The predicted molar refractivity (Wildman–Crippen MR) is 84.9 cm³/mol. The highest BCUT2D eigenvalue weighted by Crippen LogP contribution is 2.29. The lowest BCUT2D eigenvalue weighted by Crippen LogP contribution is -2.45. The summed E-state index contributed by atoms with van der Waals surface area (Å²) in [5.74, 6) is -0.212. The van der Waals surface area contributed by atoms with Crippen LogP contribution in [0.1, 0.15) is 41.6 Å². The van der Waals surface area contributed by atoms with Gasteiger partial charge in [0.1, 0.15) is 5.56 Å². The summed E-state index contributed by atoms with van der Waals surface area (Å²) in [4.78, 5) is 25.3. The summed E-state index contributed by atoms with van der Waals surface area (Å²) in [6.45, 7) is 2.48. The molecule has 0 heterocycles. The third kappa shape index (κ3) is 3.61. The van der Waals surface area contributed by atoms with Crippen LogP contribution in [0.5, 0.6) is 0 Å². The molecular formula is C15H19BrN2O3. The topological polar surface area (TPSA) is 63.5 Å². The quantitative estimate of drug-likeness (QED) is 0.444. The molecule has 21 heavy (non-hydrogen) atoms. The van der Waals surface area contributed by atoms with Crippen molar-refractivity contribution in [1.29, 1.82) is 0 Å². The number of nitrogens with zero attached hydrogens (tertiary/aromatic N) is 2. The van der Waals surface area contributed by atoms with Crippen molar-refractivity contribution in [2.45, 2.75) is 38.6 Å². The summed E-state index contributed by atoms with van der Waals surface area (Å²) in [5.41, 5.74) is 0.966. The molecule has 1 aliphatic carbocycles. The predicted octanol–water partition coefficient (Wildman–Crippen LogP) is 3.68. The number of alkyl halides is 1. The van der Waals surface area contributed by atoms with Crippen LogP contribution < -0.4 is 0 Å². The van der Waals surface area contributed by atoms with Crippen molar-refractivity contribution >= 4 is 27.5 Å². The van der Waals surface area contributed by atoms with Crippen LogP contribution in [0.3, 0.4) is 0 Å². The van der Waals surface area contributed by atoms with Crippen molar-refractivity contribution in [2.24, 2.45) is 0 Å². The van der Waals surface area contributed by atoms with Crippen LogP contribution in [0, 0.1) is 17.0 Å². The van der Waals surface area contributed by atoms with Crippen LogP contribution in [0.2, 0.25) is 0 Å². The van der Waals surface area contributed by atoms with E-state index in [-0.39, 0.29) is 23.2 Å². The Morgan fingerprint density at radius 2 is 2.19 bits per heavy atom. The Labute approximate surface area is 132 Å². The molecule has 1 amide bonds. The maximum atomic E-state index is 12.8. The molecule has 0 spiro atoms. The third-order valence-corrected chi connectivity index (χ3v) is 4.45. The smallest absolute Gasteiger partial charge is 0.282 e. The average molecular weight is 355 g/mol. The van der Waals surface area contributed by atoms with Gasteiger partial charge in [-0.3, -0.25) is 14.9 Å². The lowest BCUT2D eigenvalue weighted by atomic mass is 9.90. The van der Waals surface area contributed by atoms with Crippen LogP contribution in [-0.2, 0) is 0 Å². The molecular weight excluding hydrogens is 336 g/mol. The van der Waals surface area contributed by atoms with Gasteiger partial charge in [-0.15, -0.1) is 0 Å². The Morgan fingerprint density at radius 3 is 2.71 bits per heavy atom. The van der Waals surface area contributed by atoms with Crippen LogP contribution in [0.25, 0.3) is 0 Å². The standard InChI is InChI=1S/C15H19BrN2O3/c1-11-6-7-14(18(20)21)13(10-11)15(19)17(9-3-8-16)12-4-2-5-12/h6-7,10,12H,2-5,8-9H2,1H3. The fraction of sp³-hybridized carbons (Fsp3) is 0.533. The van der Waals surface area contributed by atoms with Gasteiger partial charge in [0.25, 0.3) is 11.6 Å². The minimum Gasteiger partial charge on any atom is -0.335 e. The number of hydrogen-bond donors (Lipinski definition) is 0. The van der Waals surface area contributed by atoms with Gasteiger partial charge in [-0.1, -0.05) is 22.0 Å². The number of benzene rings is 1. The lowest BCUT2D eigenvalue weighted by molar-refractivity contribution is -0.385. The number of nitro groups is 1. The first-order valence-electron chi connectivity index (χ1n) is 7.16. The second kappa shape index (κ2) is 7.02. The zero-order chi connectivity index (χ0) is 15.4. The van der Waals surface area contributed by atoms with E-state index >= 15 is 0 Å². The second-order valence-electron chi connectivity index (χ2n) is 5.40. The zero-order valence-corrected chi connectivity index (χ0v) is 13.6. The Kier molecular flexibility index (Phi) is 5.33. The number of aryl methyl sites for hydroxylation is 1. The van der Waals surface area contributed by atoms with E-state index < -0.39 is 4.92 Å². The minimum atomic E-state index is -0.476.